The van der Waals surface area contributed by atoms with Crippen molar-refractivity contribution in [3.63, 3.8) is 0 Å². The van der Waals surface area contributed by atoms with Crippen LogP contribution in [0.1, 0.15) is 226 Å². The number of unbranched alkanes of at least 4 members (excludes halogenated alkanes) is 22. The Balaban J connectivity index is 4.23. The molecular formula is C45H84N2O5. The van der Waals surface area contributed by atoms with E-state index in [1.807, 2.05) is 0 Å². The highest BCUT2D eigenvalue weighted by Gasteiger charge is 2.19. The Bertz CT molecular complexity index is 874. The Morgan fingerprint density at radius 2 is 1.00 bits per heavy atom. The Labute approximate surface area is 321 Å². The predicted molar refractivity (Wildman–Crippen MR) is 220 cm³/mol. The Kier molecular flexibility index (Phi) is 38.4. The van der Waals surface area contributed by atoms with Gasteiger partial charge in [-0.3, -0.25) is 9.59 Å². The molecule has 0 aromatic rings. The van der Waals surface area contributed by atoms with Crippen molar-refractivity contribution in [3.05, 3.63) is 24.3 Å². The molecule has 7 nitrogen and oxygen atoms in total. The van der Waals surface area contributed by atoms with Gasteiger partial charge in [0.15, 0.2) is 0 Å². The molecule has 0 bridgehead atoms. The van der Waals surface area contributed by atoms with Crippen LogP contribution in [0.5, 0.6) is 0 Å². The van der Waals surface area contributed by atoms with E-state index in [0.717, 1.165) is 70.6 Å². The van der Waals surface area contributed by atoms with Crippen molar-refractivity contribution in [1.82, 2.24) is 5.32 Å². The minimum atomic E-state index is -1.00. The molecule has 0 aromatic heterocycles. The molecular weight excluding hydrogens is 649 g/mol. The number of aliphatic carboxylic acids is 1. The largest absolute Gasteiger partial charge is 0.480 e. The van der Waals surface area contributed by atoms with Gasteiger partial charge in [-0.2, -0.15) is 0 Å². The van der Waals surface area contributed by atoms with Gasteiger partial charge in [-0.25, -0.2) is 4.79 Å². The maximum atomic E-state index is 12.8. The van der Waals surface area contributed by atoms with E-state index in [1.54, 1.807) is 0 Å². The van der Waals surface area contributed by atoms with Gasteiger partial charge in [0.25, 0.3) is 0 Å². The van der Waals surface area contributed by atoms with Gasteiger partial charge in [0.2, 0.25) is 5.91 Å². The molecule has 0 aliphatic carbocycles. The fourth-order valence-electron chi connectivity index (χ4n) is 6.66. The van der Waals surface area contributed by atoms with Crippen molar-refractivity contribution in [2.45, 2.75) is 238 Å². The van der Waals surface area contributed by atoms with Gasteiger partial charge in [-0.1, -0.05) is 154 Å². The second-order valence-electron chi connectivity index (χ2n) is 15.1. The second-order valence-corrected chi connectivity index (χ2v) is 15.1. The normalized spacial score (nSPS) is 12.8. The summed E-state index contributed by atoms with van der Waals surface area (Å²) < 4.78 is 6.04. The average molecular weight is 733 g/mol. The number of hydrogen-bond donors (Lipinski definition) is 3. The van der Waals surface area contributed by atoms with Crippen LogP contribution in [0, 0.1) is 0 Å². The summed E-state index contributed by atoms with van der Waals surface area (Å²) in [6.45, 7) is 4.92. The van der Waals surface area contributed by atoms with Gasteiger partial charge < -0.3 is 20.9 Å². The number of nitrogens with one attached hydrogen (secondary N) is 1. The first-order valence-electron chi connectivity index (χ1n) is 22.2. The molecule has 0 aliphatic rings. The number of carbonyl (C=O) groups excluding carboxylic acids is 2. The van der Waals surface area contributed by atoms with E-state index in [4.69, 9.17) is 10.5 Å². The summed E-state index contributed by atoms with van der Waals surface area (Å²) in [5.41, 5.74) is 5.48. The number of nitrogens with two attached hydrogens (primary N) is 1. The highest BCUT2D eigenvalue weighted by molar-refractivity contribution is 5.83. The molecule has 0 saturated heterocycles. The number of hydrogen-bond acceptors (Lipinski definition) is 5. The molecule has 52 heavy (non-hydrogen) atoms. The van der Waals surface area contributed by atoms with E-state index in [2.05, 4.69) is 43.5 Å². The van der Waals surface area contributed by atoms with E-state index in [-0.39, 0.29) is 18.0 Å². The van der Waals surface area contributed by atoms with Crippen molar-refractivity contribution in [2.75, 3.05) is 6.54 Å². The number of esters is 1. The molecule has 304 valence electrons. The molecule has 0 rings (SSSR count). The Morgan fingerprint density at radius 3 is 1.52 bits per heavy atom. The zero-order valence-electron chi connectivity index (χ0n) is 34.2. The number of amides is 1. The predicted octanol–water partition coefficient (Wildman–Crippen LogP) is 12.5. The molecule has 0 aromatic carbocycles. The molecule has 0 aliphatic heterocycles. The number of rotatable bonds is 40. The minimum absolute atomic E-state index is 0.0140. The quantitative estimate of drug-likeness (QED) is 0.0328. The molecule has 0 saturated carbocycles. The van der Waals surface area contributed by atoms with E-state index < -0.39 is 12.0 Å². The summed E-state index contributed by atoms with van der Waals surface area (Å²) in [5.74, 6) is -1.23. The standard InChI is InChI=1S/C45H84N2O5/c1-3-5-7-9-11-13-14-15-16-17-18-19-20-22-24-29-33-39-44(49)52-41(35-30-26-23-21-12-10-8-6-4-2)36-31-27-25-28-32-38-43(48)47-42(45(50)51)37-34-40-46/h11,13,15-16,41-42H,3-10,12,14,17-40,46H2,1-2H3,(H,47,48)(H,50,51)/b13-11-,16-15-. The lowest BCUT2D eigenvalue weighted by Crippen LogP contribution is -2.40. The molecule has 2 atom stereocenters. The van der Waals surface area contributed by atoms with Crippen LogP contribution < -0.4 is 11.1 Å². The fraction of sp³-hybridized carbons (Fsp3) is 0.844. The maximum Gasteiger partial charge on any atom is 0.326 e. The lowest BCUT2D eigenvalue weighted by Gasteiger charge is -2.18. The first-order chi connectivity index (χ1) is 25.4. The van der Waals surface area contributed by atoms with Crippen LogP contribution in [0.2, 0.25) is 0 Å². The van der Waals surface area contributed by atoms with Gasteiger partial charge in [0.1, 0.15) is 12.1 Å². The van der Waals surface area contributed by atoms with Gasteiger partial charge in [0, 0.05) is 12.8 Å². The molecule has 2 unspecified atom stereocenters. The van der Waals surface area contributed by atoms with Gasteiger partial charge in [-0.15, -0.1) is 0 Å². The third-order valence-corrected chi connectivity index (χ3v) is 10.0. The van der Waals surface area contributed by atoms with Crippen molar-refractivity contribution >= 4 is 17.8 Å². The minimum Gasteiger partial charge on any atom is -0.480 e. The van der Waals surface area contributed by atoms with Crippen LogP contribution in [-0.4, -0.2) is 41.6 Å². The van der Waals surface area contributed by atoms with Crippen molar-refractivity contribution in [1.29, 1.82) is 0 Å². The van der Waals surface area contributed by atoms with Crippen LogP contribution in [0.15, 0.2) is 24.3 Å². The van der Waals surface area contributed by atoms with Crippen molar-refractivity contribution in [2.24, 2.45) is 5.73 Å². The molecule has 7 heteroatoms. The van der Waals surface area contributed by atoms with Crippen molar-refractivity contribution < 1.29 is 24.2 Å². The van der Waals surface area contributed by atoms with Crippen LogP contribution in [-0.2, 0) is 19.1 Å². The summed E-state index contributed by atoms with van der Waals surface area (Å²) in [6, 6.07) is -0.855. The zero-order valence-corrected chi connectivity index (χ0v) is 34.2. The van der Waals surface area contributed by atoms with E-state index in [1.165, 1.54) is 116 Å². The highest BCUT2D eigenvalue weighted by Crippen LogP contribution is 2.19. The number of ether oxygens (including phenoxy) is 1. The molecule has 1 amide bonds. The smallest absolute Gasteiger partial charge is 0.326 e. The first kappa shape index (κ1) is 49.9. The topological polar surface area (TPSA) is 119 Å². The number of carboxylic acids is 1. The highest BCUT2D eigenvalue weighted by atomic mass is 16.5. The van der Waals surface area contributed by atoms with Crippen LogP contribution >= 0.6 is 0 Å². The van der Waals surface area contributed by atoms with E-state index >= 15 is 0 Å². The second kappa shape index (κ2) is 40.0. The molecule has 0 heterocycles. The average Bonchev–Trinajstić information content (AvgIpc) is 3.13. The Morgan fingerprint density at radius 1 is 0.558 bits per heavy atom. The summed E-state index contributed by atoms with van der Waals surface area (Å²) in [4.78, 5) is 36.3. The summed E-state index contributed by atoms with van der Waals surface area (Å²) in [7, 11) is 0. The van der Waals surface area contributed by atoms with Crippen LogP contribution in [0.4, 0.5) is 0 Å². The van der Waals surface area contributed by atoms with Crippen molar-refractivity contribution in [3.8, 4) is 0 Å². The first-order valence-corrected chi connectivity index (χ1v) is 22.2. The summed E-state index contributed by atoms with van der Waals surface area (Å²) in [6.07, 6.45) is 45.1. The molecule has 0 radical (unpaired) electrons. The lowest BCUT2D eigenvalue weighted by molar-refractivity contribution is -0.150. The summed E-state index contributed by atoms with van der Waals surface area (Å²) >= 11 is 0. The SMILES string of the molecule is CCCCC/C=C\C/C=C\CCCCCCCCCC(=O)OC(CCCCCCCCCCC)CCCCCCCC(=O)NC(CCCN)C(=O)O. The summed E-state index contributed by atoms with van der Waals surface area (Å²) in [5, 5.41) is 11.9. The fourth-order valence-corrected chi connectivity index (χ4v) is 6.66. The van der Waals surface area contributed by atoms with E-state index in [9.17, 15) is 19.5 Å². The van der Waals surface area contributed by atoms with Crippen LogP contribution in [0.3, 0.4) is 0 Å². The van der Waals surface area contributed by atoms with Gasteiger partial charge >= 0.3 is 11.9 Å². The third kappa shape index (κ3) is 36.2. The maximum absolute atomic E-state index is 12.8. The number of carbonyl (C=O) groups is 3. The lowest BCUT2D eigenvalue weighted by atomic mass is 10.0. The molecule has 0 spiro atoms. The van der Waals surface area contributed by atoms with Gasteiger partial charge in [-0.05, 0) is 90.0 Å². The third-order valence-electron chi connectivity index (χ3n) is 10.0. The molecule has 0 fully saturated rings. The monoisotopic (exact) mass is 733 g/mol. The zero-order chi connectivity index (χ0) is 38.2. The van der Waals surface area contributed by atoms with E-state index in [0.29, 0.717) is 32.2 Å². The Hall–Kier alpha value is -2.15. The van der Waals surface area contributed by atoms with Gasteiger partial charge in [0.05, 0.1) is 0 Å². The number of carboxylic acid groups (broad SMARTS) is 1. The van der Waals surface area contributed by atoms with Crippen LogP contribution in [0.25, 0.3) is 0 Å². The molecule has 4 N–H and O–H groups in total. The number of allylic oxidation sites excluding steroid dienone is 4.